The Morgan fingerprint density at radius 1 is 1.21 bits per heavy atom. The molecule has 1 aromatic carbocycles. The lowest BCUT2D eigenvalue weighted by atomic mass is 9.89. The summed E-state index contributed by atoms with van der Waals surface area (Å²) in [6.07, 6.45) is 5.68. The van der Waals surface area contributed by atoms with Gasteiger partial charge in [0.15, 0.2) is 6.04 Å². The molecule has 0 radical (unpaired) electrons. The number of fused-ring (bicyclic) bond motifs is 2. The first-order valence-corrected chi connectivity index (χ1v) is 8.26. The zero-order valence-corrected chi connectivity index (χ0v) is 13.3. The second kappa shape index (κ2) is 5.78. The highest BCUT2D eigenvalue weighted by atomic mass is 16.4. The molecule has 0 spiro atoms. The average molecular weight is 325 g/mol. The third kappa shape index (κ3) is 2.38. The van der Waals surface area contributed by atoms with E-state index in [9.17, 15) is 14.7 Å². The number of hydrogen-bond acceptors (Lipinski definition) is 3. The van der Waals surface area contributed by atoms with Crippen LogP contribution in [0.5, 0.6) is 0 Å². The van der Waals surface area contributed by atoms with Crippen LogP contribution in [0.25, 0.3) is 0 Å². The number of nitrogens with zero attached hydrogens (tertiary/aromatic N) is 3. The molecular formula is C18H19N3O3. The lowest BCUT2D eigenvalue weighted by Gasteiger charge is -2.37. The molecule has 0 saturated carbocycles. The quantitative estimate of drug-likeness (QED) is 0.911. The van der Waals surface area contributed by atoms with Gasteiger partial charge in [-0.1, -0.05) is 24.3 Å². The van der Waals surface area contributed by atoms with Crippen molar-refractivity contribution in [3.8, 4) is 0 Å². The number of imidazole rings is 1. The fraction of sp³-hybridized carbons (Fsp3) is 0.389. The van der Waals surface area contributed by atoms with E-state index < -0.39 is 12.0 Å². The molecule has 6 nitrogen and oxygen atoms in total. The SMILES string of the molecule is O=C(O)C1c2ccccc2CCN1C(=O)C1CCn2ccnc2C1. The van der Waals surface area contributed by atoms with E-state index in [1.807, 2.05) is 30.5 Å². The summed E-state index contributed by atoms with van der Waals surface area (Å²) in [4.78, 5) is 30.7. The first kappa shape index (κ1) is 14.9. The molecule has 0 saturated heterocycles. The van der Waals surface area contributed by atoms with Gasteiger partial charge in [-0.15, -0.1) is 0 Å². The highest BCUT2D eigenvalue weighted by molar-refractivity contribution is 5.87. The van der Waals surface area contributed by atoms with Gasteiger partial charge in [0, 0.05) is 37.8 Å². The van der Waals surface area contributed by atoms with Crippen LogP contribution in [-0.2, 0) is 29.0 Å². The molecule has 124 valence electrons. The summed E-state index contributed by atoms with van der Waals surface area (Å²) < 4.78 is 2.06. The van der Waals surface area contributed by atoms with E-state index in [1.165, 1.54) is 0 Å². The monoisotopic (exact) mass is 325 g/mol. The minimum Gasteiger partial charge on any atom is -0.479 e. The Labute approximate surface area is 139 Å². The largest absolute Gasteiger partial charge is 0.479 e. The number of amides is 1. The molecule has 2 aliphatic heterocycles. The van der Waals surface area contributed by atoms with Gasteiger partial charge in [-0.3, -0.25) is 4.79 Å². The molecule has 4 rings (SSSR count). The smallest absolute Gasteiger partial charge is 0.331 e. The lowest BCUT2D eigenvalue weighted by molar-refractivity contribution is -0.153. The summed E-state index contributed by atoms with van der Waals surface area (Å²) in [6, 6.07) is 6.63. The summed E-state index contributed by atoms with van der Waals surface area (Å²) in [5.41, 5.74) is 1.76. The van der Waals surface area contributed by atoms with Crippen LogP contribution >= 0.6 is 0 Å². The van der Waals surface area contributed by atoms with E-state index >= 15 is 0 Å². The maximum absolute atomic E-state index is 13.0. The third-order valence-corrected chi connectivity index (χ3v) is 5.10. The second-order valence-corrected chi connectivity index (χ2v) is 6.45. The summed E-state index contributed by atoms with van der Waals surface area (Å²) >= 11 is 0. The number of hydrogen-bond donors (Lipinski definition) is 1. The molecule has 2 atom stereocenters. The highest BCUT2D eigenvalue weighted by Crippen LogP contribution is 2.32. The van der Waals surface area contributed by atoms with Crippen molar-refractivity contribution in [1.82, 2.24) is 14.5 Å². The predicted molar refractivity (Wildman–Crippen MR) is 86.3 cm³/mol. The summed E-state index contributed by atoms with van der Waals surface area (Å²) in [5, 5.41) is 9.72. The van der Waals surface area contributed by atoms with Crippen molar-refractivity contribution in [3.63, 3.8) is 0 Å². The number of carboxylic acid groups (broad SMARTS) is 1. The minimum atomic E-state index is -0.965. The summed E-state index contributed by atoms with van der Waals surface area (Å²) in [7, 11) is 0. The molecule has 1 amide bonds. The van der Waals surface area contributed by atoms with Gasteiger partial charge in [-0.05, 0) is 24.0 Å². The Hall–Kier alpha value is -2.63. The summed E-state index contributed by atoms with van der Waals surface area (Å²) in [6.45, 7) is 1.21. The molecule has 6 heteroatoms. The molecule has 0 fully saturated rings. The maximum atomic E-state index is 13.0. The predicted octanol–water partition coefficient (Wildman–Crippen LogP) is 1.66. The third-order valence-electron chi connectivity index (χ3n) is 5.10. The van der Waals surface area contributed by atoms with Crippen LogP contribution in [0.2, 0.25) is 0 Å². The zero-order chi connectivity index (χ0) is 16.7. The number of rotatable bonds is 2. The van der Waals surface area contributed by atoms with Gasteiger partial charge in [0.2, 0.25) is 5.91 Å². The van der Waals surface area contributed by atoms with Crippen LogP contribution in [-0.4, -0.2) is 38.0 Å². The number of aryl methyl sites for hydroxylation is 1. The number of carbonyl (C=O) groups excluding carboxylic acids is 1. The van der Waals surface area contributed by atoms with E-state index in [-0.39, 0.29) is 11.8 Å². The molecule has 2 unspecified atom stereocenters. The van der Waals surface area contributed by atoms with Crippen molar-refractivity contribution >= 4 is 11.9 Å². The van der Waals surface area contributed by atoms with E-state index in [1.54, 1.807) is 11.1 Å². The topological polar surface area (TPSA) is 75.4 Å². The molecule has 1 aromatic heterocycles. The standard InChI is InChI=1S/C18H19N3O3/c22-17(13-5-8-20-10-7-19-15(20)11-13)21-9-6-12-3-1-2-4-14(12)16(21)18(23)24/h1-4,7,10,13,16H,5-6,8-9,11H2,(H,23,24). The van der Waals surface area contributed by atoms with Crippen molar-refractivity contribution in [2.45, 2.75) is 31.8 Å². The number of aromatic nitrogens is 2. The maximum Gasteiger partial charge on any atom is 0.331 e. The fourth-order valence-electron chi connectivity index (χ4n) is 3.87. The van der Waals surface area contributed by atoms with Crippen LogP contribution in [0.15, 0.2) is 36.7 Å². The Morgan fingerprint density at radius 3 is 2.88 bits per heavy atom. The van der Waals surface area contributed by atoms with E-state index in [0.29, 0.717) is 19.4 Å². The van der Waals surface area contributed by atoms with Gasteiger partial charge in [0.1, 0.15) is 5.82 Å². The number of carboxylic acids is 1. The Kier molecular flexibility index (Phi) is 3.59. The van der Waals surface area contributed by atoms with Gasteiger partial charge in [-0.2, -0.15) is 0 Å². The second-order valence-electron chi connectivity index (χ2n) is 6.45. The molecule has 0 bridgehead atoms. The van der Waals surface area contributed by atoms with Gasteiger partial charge in [0.05, 0.1) is 0 Å². The highest BCUT2D eigenvalue weighted by Gasteiger charge is 2.39. The molecule has 3 heterocycles. The van der Waals surface area contributed by atoms with Crippen LogP contribution in [0, 0.1) is 5.92 Å². The molecule has 0 aliphatic carbocycles. The molecule has 24 heavy (non-hydrogen) atoms. The van der Waals surface area contributed by atoms with Crippen molar-refractivity contribution in [3.05, 3.63) is 53.6 Å². The number of carbonyl (C=O) groups is 2. The van der Waals surface area contributed by atoms with E-state index in [0.717, 1.165) is 29.9 Å². The lowest BCUT2D eigenvalue weighted by Crippen LogP contribution is -2.47. The molecule has 1 N–H and O–H groups in total. The zero-order valence-electron chi connectivity index (χ0n) is 13.3. The van der Waals surface area contributed by atoms with Crippen LogP contribution in [0.3, 0.4) is 0 Å². The molecule has 2 aliphatic rings. The number of aliphatic carboxylic acids is 1. The first-order valence-electron chi connectivity index (χ1n) is 8.26. The Morgan fingerprint density at radius 2 is 2.04 bits per heavy atom. The van der Waals surface area contributed by atoms with Gasteiger partial charge in [0.25, 0.3) is 0 Å². The number of benzene rings is 1. The van der Waals surface area contributed by atoms with Crippen LogP contribution in [0.4, 0.5) is 0 Å². The Balaban J connectivity index is 1.61. The minimum absolute atomic E-state index is 0.0637. The average Bonchev–Trinajstić information content (AvgIpc) is 3.07. The summed E-state index contributed by atoms with van der Waals surface area (Å²) in [5.74, 6) is -0.310. The van der Waals surface area contributed by atoms with Crippen LogP contribution in [0.1, 0.15) is 29.4 Å². The Bertz CT molecular complexity index is 798. The molecular weight excluding hydrogens is 306 g/mol. The van der Waals surface area contributed by atoms with Crippen molar-refractivity contribution < 1.29 is 14.7 Å². The first-order chi connectivity index (χ1) is 11.6. The fourth-order valence-corrected chi connectivity index (χ4v) is 3.87. The molecule has 2 aromatic rings. The van der Waals surface area contributed by atoms with Gasteiger partial charge >= 0.3 is 5.97 Å². The van der Waals surface area contributed by atoms with Gasteiger partial charge in [-0.25, -0.2) is 9.78 Å². The van der Waals surface area contributed by atoms with Crippen molar-refractivity contribution in [2.24, 2.45) is 5.92 Å². The van der Waals surface area contributed by atoms with Crippen molar-refractivity contribution in [1.29, 1.82) is 0 Å². The van der Waals surface area contributed by atoms with E-state index in [2.05, 4.69) is 9.55 Å². The van der Waals surface area contributed by atoms with E-state index in [4.69, 9.17) is 0 Å². The van der Waals surface area contributed by atoms with Crippen LogP contribution < -0.4 is 0 Å². The normalized spacial score (nSPS) is 22.6. The van der Waals surface area contributed by atoms with Gasteiger partial charge < -0.3 is 14.6 Å². The van der Waals surface area contributed by atoms with Crippen molar-refractivity contribution in [2.75, 3.05) is 6.54 Å².